The quantitative estimate of drug-likeness (QED) is 0.167. The highest BCUT2D eigenvalue weighted by molar-refractivity contribution is 6.18. The van der Waals surface area contributed by atoms with Crippen molar-refractivity contribution in [2.45, 2.75) is 0 Å². The molecule has 0 saturated heterocycles. The highest BCUT2D eigenvalue weighted by Crippen LogP contribution is 2.48. The van der Waals surface area contributed by atoms with E-state index < -0.39 is 0 Å². The van der Waals surface area contributed by atoms with Gasteiger partial charge in [0, 0.05) is 55.3 Å². The first kappa shape index (κ1) is 35.4. The standard InChI is InChI=1S/C60H38N2O/c1-2-13-39(14-3-1)40-25-31-44(32-26-40)61(46-35-29-42(30-36-46)47-20-12-21-53-52-19-8-11-24-58(52)63-60(47)53)45-33-27-41(28-34-45)43-37-54-49-16-5-4-15-48(49)50-17-6-9-22-56(50)62-57-23-10-7-18-51(57)55(38-43)59(54)62/h1-38H. The number of para-hydroxylation sites is 4. The van der Waals surface area contributed by atoms with Crippen LogP contribution in [0.4, 0.5) is 17.1 Å². The number of hydrogen-bond donors (Lipinski definition) is 0. The van der Waals surface area contributed by atoms with Gasteiger partial charge in [-0.3, -0.25) is 0 Å². The largest absolute Gasteiger partial charge is 0.455 e. The van der Waals surface area contributed by atoms with E-state index in [2.05, 4.69) is 228 Å². The van der Waals surface area contributed by atoms with Crippen LogP contribution in [0.1, 0.15) is 0 Å². The maximum Gasteiger partial charge on any atom is 0.143 e. The topological polar surface area (TPSA) is 21.3 Å². The summed E-state index contributed by atoms with van der Waals surface area (Å²) >= 11 is 0. The third-order valence-corrected chi connectivity index (χ3v) is 13.0. The van der Waals surface area contributed by atoms with Gasteiger partial charge in [-0.2, -0.15) is 0 Å². The first-order chi connectivity index (χ1) is 31.2. The molecule has 3 heteroatoms. The molecule has 12 aromatic rings. The number of benzene rings is 10. The fourth-order valence-electron chi connectivity index (χ4n) is 10.0. The molecule has 2 aromatic heterocycles. The summed E-state index contributed by atoms with van der Waals surface area (Å²) in [5, 5.41) is 4.78. The van der Waals surface area contributed by atoms with Crippen LogP contribution in [0.2, 0.25) is 0 Å². The molecule has 3 heterocycles. The lowest BCUT2D eigenvalue weighted by atomic mass is 9.91. The van der Waals surface area contributed by atoms with Gasteiger partial charge in [0.15, 0.2) is 0 Å². The maximum absolute atomic E-state index is 6.44. The van der Waals surface area contributed by atoms with Crippen LogP contribution in [0.5, 0.6) is 0 Å². The molecule has 294 valence electrons. The molecule has 13 rings (SSSR count). The Labute approximate surface area is 365 Å². The van der Waals surface area contributed by atoms with E-state index in [1.54, 1.807) is 0 Å². The van der Waals surface area contributed by atoms with Crippen LogP contribution in [-0.4, -0.2) is 4.57 Å². The summed E-state index contributed by atoms with van der Waals surface area (Å²) in [6, 6.07) is 83.5. The number of rotatable bonds is 6. The monoisotopic (exact) mass is 802 g/mol. The highest BCUT2D eigenvalue weighted by Gasteiger charge is 2.25. The van der Waals surface area contributed by atoms with E-state index in [0.717, 1.165) is 50.1 Å². The number of hydrogen-bond acceptors (Lipinski definition) is 2. The molecule has 3 nitrogen and oxygen atoms in total. The molecule has 0 fully saturated rings. The zero-order valence-electron chi connectivity index (χ0n) is 34.2. The van der Waals surface area contributed by atoms with Gasteiger partial charge in [0.2, 0.25) is 0 Å². The summed E-state index contributed by atoms with van der Waals surface area (Å²) in [6.07, 6.45) is 0. The minimum Gasteiger partial charge on any atom is -0.455 e. The summed E-state index contributed by atoms with van der Waals surface area (Å²) in [6.45, 7) is 0. The van der Waals surface area contributed by atoms with Gasteiger partial charge in [-0.05, 0) is 106 Å². The average molecular weight is 803 g/mol. The zero-order valence-corrected chi connectivity index (χ0v) is 34.2. The van der Waals surface area contributed by atoms with Crippen molar-refractivity contribution in [3.8, 4) is 61.3 Å². The molecular formula is C60H38N2O. The normalized spacial score (nSPS) is 11.8. The van der Waals surface area contributed by atoms with Crippen molar-refractivity contribution >= 4 is 60.8 Å². The van der Waals surface area contributed by atoms with Crippen LogP contribution < -0.4 is 4.90 Å². The molecular weight excluding hydrogens is 765 g/mol. The van der Waals surface area contributed by atoms with Crippen molar-refractivity contribution in [2.75, 3.05) is 4.90 Å². The molecule has 1 aliphatic rings. The van der Waals surface area contributed by atoms with Crippen molar-refractivity contribution in [1.82, 2.24) is 4.57 Å². The van der Waals surface area contributed by atoms with Gasteiger partial charge in [-0.15, -0.1) is 0 Å². The van der Waals surface area contributed by atoms with Gasteiger partial charge in [0.25, 0.3) is 0 Å². The lowest BCUT2D eigenvalue weighted by Gasteiger charge is -2.26. The van der Waals surface area contributed by atoms with Crippen molar-refractivity contribution < 1.29 is 4.42 Å². The minimum absolute atomic E-state index is 0.905. The Morgan fingerprint density at radius 3 is 1.57 bits per heavy atom. The summed E-state index contributed by atoms with van der Waals surface area (Å²) in [5.41, 5.74) is 20.7. The molecule has 63 heavy (non-hydrogen) atoms. The lowest BCUT2D eigenvalue weighted by molar-refractivity contribution is 0.670. The third-order valence-electron chi connectivity index (χ3n) is 13.0. The summed E-state index contributed by atoms with van der Waals surface area (Å²) < 4.78 is 8.92. The van der Waals surface area contributed by atoms with E-state index in [1.807, 2.05) is 12.1 Å². The van der Waals surface area contributed by atoms with Gasteiger partial charge in [-0.25, -0.2) is 0 Å². The van der Waals surface area contributed by atoms with Gasteiger partial charge in [-0.1, -0.05) is 164 Å². The van der Waals surface area contributed by atoms with E-state index >= 15 is 0 Å². The predicted octanol–water partition coefficient (Wildman–Crippen LogP) is 16.8. The Balaban J connectivity index is 0.936. The molecule has 10 aromatic carbocycles. The Morgan fingerprint density at radius 2 is 0.841 bits per heavy atom. The van der Waals surface area contributed by atoms with Crippen LogP contribution in [-0.2, 0) is 0 Å². The minimum atomic E-state index is 0.905. The van der Waals surface area contributed by atoms with Crippen LogP contribution in [0, 0.1) is 0 Å². The number of anilines is 3. The molecule has 0 N–H and O–H groups in total. The molecule has 0 aliphatic carbocycles. The lowest BCUT2D eigenvalue weighted by Crippen LogP contribution is -2.09. The molecule has 0 spiro atoms. The predicted molar refractivity (Wildman–Crippen MR) is 263 cm³/mol. The molecule has 0 bridgehead atoms. The second-order valence-electron chi connectivity index (χ2n) is 16.5. The second-order valence-corrected chi connectivity index (χ2v) is 16.5. The average Bonchev–Trinajstić information content (AvgIpc) is 3.87. The van der Waals surface area contributed by atoms with Crippen LogP contribution in [0.25, 0.3) is 105 Å². The van der Waals surface area contributed by atoms with Crippen molar-refractivity contribution in [1.29, 1.82) is 0 Å². The number of aromatic nitrogens is 1. The molecule has 0 unspecified atom stereocenters. The highest BCUT2D eigenvalue weighted by atomic mass is 16.3. The summed E-state index contributed by atoms with van der Waals surface area (Å²) in [4.78, 5) is 2.35. The Bertz CT molecular complexity index is 3710. The third kappa shape index (κ3) is 5.60. The Kier molecular flexibility index (Phi) is 7.91. The van der Waals surface area contributed by atoms with Crippen LogP contribution in [0.3, 0.4) is 0 Å². The second kappa shape index (κ2) is 14.1. The molecule has 0 amide bonds. The first-order valence-electron chi connectivity index (χ1n) is 21.6. The maximum atomic E-state index is 6.44. The van der Waals surface area contributed by atoms with E-state index in [9.17, 15) is 0 Å². The molecule has 1 aliphatic heterocycles. The van der Waals surface area contributed by atoms with Gasteiger partial charge in [0.05, 0.1) is 16.7 Å². The van der Waals surface area contributed by atoms with E-state index in [4.69, 9.17) is 4.42 Å². The first-order valence-corrected chi connectivity index (χ1v) is 21.6. The van der Waals surface area contributed by atoms with Crippen LogP contribution >= 0.6 is 0 Å². The van der Waals surface area contributed by atoms with E-state index in [0.29, 0.717) is 0 Å². The molecule has 0 atom stereocenters. The fourth-order valence-corrected chi connectivity index (χ4v) is 10.0. The molecule has 0 radical (unpaired) electrons. The Hall–Kier alpha value is -8.40. The van der Waals surface area contributed by atoms with Crippen molar-refractivity contribution in [3.63, 3.8) is 0 Å². The van der Waals surface area contributed by atoms with E-state index in [-0.39, 0.29) is 0 Å². The van der Waals surface area contributed by atoms with Gasteiger partial charge >= 0.3 is 0 Å². The number of nitrogens with zero attached hydrogens (tertiary/aromatic N) is 2. The van der Waals surface area contributed by atoms with Gasteiger partial charge < -0.3 is 13.9 Å². The smallest absolute Gasteiger partial charge is 0.143 e. The van der Waals surface area contributed by atoms with Crippen LogP contribution in [0.15, 0.2) is 235 Å². The van der Waals surface area contributed by atoms with E-state index in [1.165, 1.54) is 72.0 Å². The van der Waals surface area contributed by atoms with Crippen molar-refractivity contribution in [3.05, 3.63) is 231 Å². The molecule has 0 saturated carbocycles. The fraction of sp³-hybridized carbons (Fsp3) is 0. The number of fused-ring (bicyclic) bond motifs is 11. The van der Waals surface area contributed by atoms with Crippen molar-refractivity contribution in [2.24, 2.45) is 0 Å². The Morgan fingerprint density at radius 1 is 0.317 bits per heavy atom. The van der Waals surface area contributed by atoms with Gasteiger partial charge in [0.1, 0.15) is 11.2 Å². The zero-order chi connectivity index (χ0) is 41.4. The SMILES string of the molecule is c1ccc(-c2ccc(N(c3ccc(-c4cc5c6c(c4)c4ccccc4n6-c4ccccc4-c4ccccc4-5)cc3)c3ccc(-c4cccc5c4oc4ccccc45)cc3)cc2)cc1. The summed E-state index contributed by atoms with van der Waals surface area (Å²) in [7, 11) is 0. The summed E-state index contributed by atoms with van der Waals surface area (Å²) in [5.74, 6) is 0. The number of furan rings is 1.